The lowest BCUT2D eigenvalue weighted by atomic mass is 9.88. The minimum atomic E-state index is 0.332. The lowest BCUT2D eigenvalue weighted by Crippen LogP contribution is -2.63. The molecule has 0 aromatic carbocycles. The van der Waals surface area contributed by atoms with Crippen molar-refractivity contribution in [3.05, 3.63) is 18.0 Å². The normalized spacial score (nSPS) is 30.7. The van der Waals surface area contributed by atoms with Crippen LogP contribution >= 0.6 is 0 Å². The van der Waals surface area contributed by atoms with Crippen molar-refractivity contribution in [3.63, 3.8) is 0 Å². The van der Waals surface area contributed by atoms with Gasteiger partial charge in [0.05, 0.1) is 6.20 Å². The lowest BCUT2D eigenvalue weighted by molar-refractivity contribution is 0.0260. The van der Waals surface area contributed by atoms with Gasteiger partial charge in [-0.25, -0.2) is 0 Å². The summed E-state index contributed by atoms with van der Waals surface area (Å²) < 4.78 is 2.04. The molecule has 1 N–H and O–H groups in total. The molecule has 3 rings (SSSR count). The maximum absolute atomic E-state index is 4.44. The Morgan fingerprint density at radius 2 is 2.19 bits per heavy atom. The quantitative estimate of drug-likeness (QED) is 0.874. The van der Waals surface area contributed by atoms with Gasteiger partial charge in [-0.2, -0.15) is 5.10 Å². The van der Waals surface area contributed by atoms with E-state index >= 15 is 0 Å². The van der Waals surface area contributed by atoms with Gasteiger partial charge in [0.15, 0.2) is 0 Å². The Hall–Kier alpha value is -0.870. The molecule has 1 saturated heterocycles. The van der Waals surface area contributed by atoms with Crippen molar-refractivity contribution in [3.8, 4) is 0 Å². The Balaban J connectivity index is 1.72. The smallest absolute Gasteiger partial charge is 0.0534 e. The standard InChI is InChI=1S/C17H30N4/c1-4-6-16-12-20(10-14-9-19-21(5-2)11-14)17(3,13-18-16)15-7-8-15/h9,11,15-16,18H,4-8,10,12-13H2,1-3H3. The number of nitrogens with zero attached hydrogens (tertiary/aromatic N) is 3. The van der Waals surface area contributed by atoms with Crippen molar-refractivity contribution in [2.45, 2.75) is 71.1 Å². The maximum atomic E-state index is 4.44. The summed E-state index contributed by atoms with van der Waals surface area (Å²) in [5.41, 5.74) is 1.69. The molecule has 118 valence electrons. The van der Waals surface area contributed by atoms with Crippen LogP contribution in [-0.4, -0.2) is 39.4 Å². The van der Waals surface area contributed by atoms with Crippen LogP contribution in [0.3, 0.4) is 0 Å². The highest BCUT2D eigenvalue weighted by molar-refractivity contribution is 5.10. The minimum absolute atomic E-state index is 0.332. The van der Waals surface area contributed by atoms with Crippen molar-refractivity contribution in [2.75, 3.05) is 13.1 Å². The van der Waals surface area contributed by atoms with E-state index in [2.05, 4.69) is 42.3 Å². The van der Waals surface area contributed by atoms with Crippen LogP contribution in [0.5, 0.6) is 0 Å². The molecule has 2 aliphatic rings. The second-order valence-electron chi connectivity index (χ2n) is 7.08. The zero-order chi connectivity index (χ0) is 14.9. The highest BCUT2D eigenvalue weighted by Gasteiger charge is 2.48. The molecule has 1 aromatic heterocycles. The number of piperazine rings is 1. The molecule has 1 saturated carbocycles. The molecule has 0 amide bonds. The molecule has 21 heavy (non-hydrogen) atoms. The zero-order valence-corrected chi connectivity index (χ0v) is 13.8. The molecule has 4 heteroatoms. The molecule has 2 atom stereocenters. The molecule has 4 nitrogen and oxygen atoms in total. The van der Waals surface area contributed by atoms with Crippen molar-refractivity contribution in [1.82, 2.24) is 20.0 Å². The Labute approximate surface area is 128 Å². The molecule has 2 unspecified atom stereocenters. The number of nitrogens with one attached hydrogen (secondary N) is 1. The summed E-state index contributed by atoms with van der Waals surface area (Å²) in [7, 11) is 0. The van der Waals surface area contributed by atoms with Crippen molar-refractivity contribution >= 4 is 0 Å². The fourth-order valence-electron chi connectivity index (χ4n) is 3.78. The molecular weight excluding hydrogens is 260 g/mol. The van der Waals surface area contributed by atoms with Gasteiger partial charge >= 0.3 is 0 Å². The highest BCUT2D eigenvalue weighted by Crippen LogP contribution is 2.44. The van der Waals surface area contributed by atoms with Crippen LogP contribution in [0, 0.1) is 5.92 Å². The van der Waals surface area contributed by atoms with Crippen molar-refractivity contribution in [2.24, 2.45) is 5.92 Å². The van der Waals surface area contributed by atoms with Crippen LogP contribution < -0.4 is 5.32 Å². The second kappa shape index (κ2) is 6.09. The van der Waals surface area contributed by atoms with Gasteiger partial charge in [-0.15, -0.1) is 0 Å². The van der Waals surface area contributed by atoms with E-state index in [1.807, 2.05) is 10.9 Å². The SMILES string of the molecule is CCCC1CN(Cc2cnn(CC)c2)C(C)(C2CC2)CN1. The van der Waals surface area contributed by atoms with Gasteiger partial charge in [0.1, 0.15) is 0 Å². The summed E-state index contributed by atoms with van der Waals surface area (Å²) >= 11 is 0. The molecule has 0 bridgehead atoms. The predicted molar refractivity (Wildman–Crippen MR) is 86.1 cm³/mol. The molecule has 0 radical (unpaired) electrons. The summed E-state index contributed by atoms with van der Waals surface area (Å²) in [6.45, 7) is 11.2. The topological polar surface area (TPSA) is 33.1 Å². The van der Waals surface area contributed by atoms with Crippen molar-refractivity contribution in [1.29, 1.82) is 0 Å². The summed E-state index contributed by atoms with van der Waals surface area (Å²) in [6, 6.07) is 0.656. The zero-order valence-electron chi connectivity index (χ0n) is 13.8. The van der Waals surface area contributed by atoms with Crippen LogP contribution in [0.2, 0.25) is 0 Å². The Bertz CT molecular complexity index is 465. The van der Waals surface area contributed by atoms with Gasteiger partial charge in [-0.1, -0.05) is 13.3 Å². The van der Waals surface area contributed by atoms with Crippen LogP contribution in [0.1, 0.15) is 52.0 Å². The first-order valence-corrected chi connectivity index (χ1v) is 8.65. The molecule has 1 aliphatic carbocycles. The lowest BCUT2D eigenvalue weighted by Gasteiger charge is -2.48. The first-order valence-electron chi connectivity index (χ1n) is 8.65. The minimum Gasteiger partial charge on any atom is -0.311 e. The van der Waals surface area contributed by atoms with E-state index in [0.717, 1.165) is 25.6 Å². The number of aromatic nitrogens is 2. The van der Waals surface area contributed by atoms with E-state index < -0.39 is 0 Å². The summed E-state index contributed by atoms with van der Waals surface area (Å²) in [5, 5.41) is 8.24. The fraction of sp³-hybridized carbons (Fsp3) is 0.824. The molecule has 0 spiro atoms. The van der Waals surface area contributed by atoms with Crippen LogP contribution in [0.25, 0.3) is 0 Å². The van der Waals surface area contributed by atoms with E-state index in [1.54, 1.807) is 0 Å². The highest BCUT2D eigenvalue weighted by atomic mass is 15.3. The monoisotopic (exact) mass is 290 g/mol. The number of hydrogen-bond donors (Lipinski definition) is 1. The molecule has 2 fully saturated rings. The van der Waals surface area contributed by atoms with Gasteiger partial charge in [0, 0.05) is 49.5 Å². The third kappa shape index (κ3) is 3.16. The summed E-state index contributed by atoms with van der Waals surface area (Å²) in [5.74, 6) is 0.883. The van der Waals surface area contributed by atoms with Gasteiger partial charge in [0.25, 0.3) is 0 Å². The Morgan fingerprint density at radius 1 is 1.38 bits per heavy atom. The largest absolute Gasteiger partial charge is 0.311 e. The third-order valence-corrected chi connectivity index (χ3v) is 5.39. The van der Waals surface area contributed by atoms with Crippen LogP contribution in [0.15, 0.2) is 12.4 Å². The Kier molecular flexibility index (Phi) is 4.36. The third-order valence-electron chi connectivity index (χ3n) is 5.39. The molecular formula is C17H30N4. The van der Waals surface area contributed by atoms with Crippen LogP contribution in [0.4, 0.5) is 0 Å². The van der Waals surface area contributed by atoms with Crippen molar-refractivity contribution < 1.29 is 0 Å². The van der Waals surface area contributed by atoms with Crippen LogP contribution in [-0.2, 0) is 13.1 Å². The number of aryl methyl sites for hydroxylation is 1. The van der Waals surface area contributed by atoms with E-state index in [9.17, 15) is 0 Å². The fourth-order valence-corrected chi connectivity index (χ4v) is 3.78. The molecule has 1 aromatic rings. The Morgan fingerprint density at radius 3 is 2.81 bits per heavy atom. The average molecular weight is 290 g/mol. The first-order chi connectivity index (χ1) is 10.2. The van der Waals surface area contributed by atoms with Gasteiger partial charge in [0.2, 0.25) is 0 Å². The van der Waals surface area contributed by atoms with E-state index in [0.29, 0.717) is 11.6 Å². The van der Waals surface area contributed by atoms with E-state index in [1.165, 1.54) is 37.8 Å². The van der Waals surface area contributed by atoms with E-state index in [-0.39, 0.29) is 0 Å². The van der Waals surface area contributed by atoms with E-state index in [4.69, 9.17) is 0 Å². The first kappa shape index (κ1) is 15.0. The van der Waals surface area contributed by atoms with Gasteiger partial charge < -0.3 is 5.32 Å². The predicted octanol–water partition coefficient (Wildman–Crippen LogP) is 2.65. The number of rotatable bonds is 6. The average Bonchev–Trinajstić information content (AvgIpc) is 3.24. The van der Waals surface area contributed by atoms with Gasteiger partial charge in [-0.3, -0.25) is 9.58 Å². The van der Waals surface area contributed by atoms with Gasteiger partial charge in [-0.05, 0) is 39.0 Å². The molecule has 2 heterocycles. The summed E-state index contributed by atoms with van der Waals surface area (Å²) in [6.07, 6.45) is 9.62. The summed E-state index contributed by atoms with van der Waals surface area (Å²) in [4.78, 5) is 2.73. The second-order valence-corrected chi connectivity index (χ2v) is 7.08. The maximum Gasteiger partial charge on any atom is 0.0534 e. The molecule has 1 aliphatic heterocycles. The number of hydrogen-bond acceptors (Lipinski definition) is 3.